The van der Waals surface area contributed by atoms with E-state index in [-0.39, 0.29) is 5.84 Å². The van der Waals surface area contributed by atoms with Gasteiger partial charge in [0.15, 0.2) is 5.41 Å². The SMILES string of the molecule is COC1(OC)N=C(N)C2(C#N)C(c3ccc(Cl)cc3Cl)C12C#N. The van der Waals surface area contributed by atoms with E-state index in [1.807, 2.05) is 0 Å². The van der Waals surface area contributed by atoms with Gasteiger partial charge in [-0.25, -0.2) is 4.99 Å². The van der Waals surface area contributed by atoms with Gasteiger partial charge in [0.25, 0.3) is 5.91 Å². The van der Waals surface area contributed by atoms with Crippen molar-refractivity contribution in [2.24, 2.45) is 21.6 Å². The second kappa shape index (κ2) is 4.83. The molecule has 2 aliphatic rings. The maximum atomic E-state index is 9.90. The Morgan fingerprint density at radius 3 is 2.35 bits per heavy atom. The fourth-order valence-corrected chi connectivity index (χ4v) is 4.24. The van der Waals surface area contributed by atoms with Gasteiger partial charge >= 0.3 is 0 Å². The molecule has 0 aromatic heterocycles. The molecule has 3 unspecified atom stereocenters. The van der Waals surface area contributed by atoms with E-state index in [2.05, 4.69) is 17.1 Å². The fraction of sp³-hybridized carbons (Fsp3) is 0.400. The van der Waals surface area contributed by atoms with Crippen molar-refractivity contribution >= 4 is 29.0 Å². The van der Waals surface area contributed by atoms with E-state index >= 15 is 0 Å². The summed E-state index contributed by atoms with van der Waals surface area (Å²) in [6.45, 7) is 0. The zero-order valence-electron chi connectivity index (χ0n) is 12.3. The average molecular weight is 351 g/mol. The Hall–Kier alpha value is -1.83. The minimum atomic E-state index is -1.66. The summed E-state index contributed by atoms with van der Waals surface area (Å²) in [5, 5.41) is 20.5. The highest BCUT2D eigenvalue weighted by atomic mass is 35.5. The Morgan fingerprint density at radius 1 is 1.22 bits per heavy atom. The van der Waals surface area contributed by atoms with Gasteiger partial charge in [0.05, 0.1) is 12.1 Å². The predicted octanol–water partition coefficient (Wildman–Crippen LogP) is 2.43. The number of methoxy groups -OCH3 is 2. The first-order chi connectivity index (χ1) is 10.9. The first kappa shape index (κ1) is 16.0. The standard InChI is InChI=1S/C15H12Cl2N4O2/c1-22-15(23-2)14(7-19)11(13(14,6-18)12(20)21-15)9-4-3-8(16)5-10(9)17/h3-5,11H,1-2H3,(H2,20,21). The fourth-order valence-electron chi connectivity index (χ4n) is 3.72. The average Bonchev–Trinajstić information content (AvgIpc) is 3.10. The summed E-state index contributed by atoms with van der Waals surface area (Å²) in [4.78, 5) is 4.13. The molecule has 0 amide bonds. The molecule has 0 spiro atoms. The number of rotatable bonds is 3. The second-order valence-corrected chi connectivity index (χ2v) is 6.27. The summed E-state index contributed by atoms with van der Waals surface area (Å²) in [5.41, 5.74) is 3.81. The predicted molar refractivity (Wildman–Crippen MR) is 83.7 cm³/mol. The first-order valence-electron chi connectivity index (χ1n) is 6.64. The van der Waals surface area contributed by atoms with E-state index in [4.69, 9.17) is 38.4 Å². The zero-order valence-corrected chi connectivity index (χ0v) is 13.8. The van der Waals surface area contributed by atoms with Crippen molar-refractivity contribution in [3.63, 3.8) is 0 Å². The quantitative estimate of drug-likeness (QED) is 0.842. The molecule has 3 atom stereocenters. The molecule has 1 saturated carbocycles. The summed E-state index contributed by atoms with van der Waals surface area (Å²) in [6, 6.07) is 9.17. The molecular weight excluding hydrogens is 339 g/mol. The minimum absolute atomic E-state index is 0.00117. The monoisotopic (exact) mass is 350 g/mol. The Balaban J connectivity index is 2.28. The highest BCUT2D eigenvalue weighted by Crippen LogP contribution is 2.82. The third-order valence-electron chi connectivity index (χ3n) is 4.75. The summed E-state index contributed by atoms with van der Waals surface area (Å²) in [6.07, 6.45) is 0. The Labute approximate surface area is 143 Å². The summed E-state index contributed by atoms with van der Waals surface area (Å²) >= 11 is 12.2. The summed E-state index contributed by atoms with van der Waals surface area (Å²) < 4.78 is 10.8. The van der Waals surface area contributed by atoms with Crippen molar-refractivity contribution in [1.29, 1.82) is 10.5 Å². The number of hydrogen-bond donors (Lipinski definition) is 1. The van der Waals surface area contributed by atoms with Crippen LogP contribution in [-0.4, -0.2) is 26.0 Å². The number of halogens is 2. The van der Waals surface area contributed by atoms with E-state index in [9.17, 15) is 10.5 Å². The zero-order chi connectivity index (χ0) is 17.0. The van der Waals surface area contributed by atoms with Crippen LogP contribution in [-0.2, 0) is 9.47 Å². The summed E-state index contributed by atoms with van der Waals surface area (Å²) in [7, 11) is 2.71. The summed E-state index contributed by atoms with van der Waals surface area (Å²) in [5.74, 6) is -2.29. The third-order valence-corrected chi connectivity index (χ3v) is 5.32. The van der Waals surface area contributed by atoms with Crippen LogP contribution in [0, 0.1) is 33.5 Å². The molecule has 2 N–H and O–H groups in total. The lowest BCUT2D eigenvalue weighted by atomic mass is 9.93. The van der Waals surface area contributed by atoms with Crippen LogP contribution in [0.25, 0.3) is 0 Å². The van der Waals surface area contributed by atoms with Gasteiger partial charge in [-0.15, -0.1) is 0 Å². The minimum Gasteiger partial charge on any atom is -0.386 e. The topological polar surface area (TPSA) is 104 Å². The molecule has 118 valence electrons. The molecular formula is C15H12Cl2N4O2. The Bertz CT molecular complexity index is 809. The van der Waals surface area contributed by atoms with Crippen LogP contribution in [0.2, 0.25) is 10.0 Å². The van der Waals surface area contributed by atoms with Crippen LogP contribution in [0.3, 0.4) is 0 Å². The lowest BCUT2D eigenvalue weighted by Gasteiger charge is -2.29. The number of amidine groups is 1. The third kappa shape index (κ3) is 1.52. The Kier molecular flexibility index (Phi) is 3.37. The van der Waals surface area contributed by atoms with Gasteiger partial charge in [-0.1, -0.05) is 29.3 Å². The molecule has 23 heavy (non-hydrogen) atoms. The Morgan fingerprint density at radius 2 is 1.87 bits per heavy atom. The molecule has 1 aliphatic carbocycles. The molecule has 1 heterocycles. The van der Waals surface area contributed by atoms with Crippen molar-refractivity contribution in [3.05, 3.63) is 33.8 Å². The number of hydrogen-bond acceptors (Lipinski definition) is 6. The molecule has 0 radical (unpaired) electrons. The maximum absolute atomic E-state index is 9.90. The van der Waals surface area contributed by atoms with E-state index in [1.54, 1.807) is 18.2 Å². The van der Waals surface area contributed by atoms with Gasteiger partial charge in [-0.2, -0.15) is 10.5 Å². The first-order valence-corrected chi connectivity index (χ1v) is 7.40. The van der Waals surface area contributed by atoms with Crippen LogP contribution in [0.4, 0.5) is 0 Å². The van der Waals surface area contributed by atoms with E-state index < -0.39 is 22.7 Å². The molecule has 8 heteroatoms. The highest BCUT2D eigenvalue weighted by molar-refractivity contribution is 6.35. The molecule has 0 saturated heterocycles. The molecule has 0 bridgehead atoms. The maximum Gasteiger partial charge on any atom is 0.292 e. The van der Waals surface area contributed by atoms with Crippen molar-refractivity contribution in [3.8, 4) is 12.1 Å². The van der Waals surface area contributed by atoms with Gasteiger partial charge in [-0.05, 0) is 17.7 Å². The normalized spacial score (nSPS) is 33.3. The van der Waals surface area contributed by atoms with Crippen molar-refractivity contribution < 1.29 is 9.47 Å². The van der Waals surface area contributed by atoms with Gasteiger partial charge in [0.1, 0.15) is 11.3 Å². The largest absolute Gasteiger partial charge is 0.386 e. The molecule has 6 nitrogen and oxygen atoms in total. The van der Waals surface area contributed by atoms with E-state index in [0.717, 1.165) is 0 Å². The van der Waals surface area contributed by atoms with Crippen molar-refractivity contribution in [1.82, 2.24) is 0 Å². The van der Waals surface area contributed by atoms with Gasteiger partial charge in [-0.3, -0.25) is 0 Å². The molecule has 1 fully saturated rings. The van der Waals surface area contributed by atoms with Crippen molar-refractivity contribution in [2.75, 3.05) is 14.2 Å². The number of benzene rings is 1. The van der Waals surface area contributed by atoms with Crippen LogP contribution in [0.15, 0.2) is 23.2 Å². The second-order valence-electron chi connectivity index (χ2n) is 5.43. The van der Waals surface area contributed by atoms with Crippen LogP contribution in [0.1, 0.15) is 11.5 Å². The highest BCUT2D eigenvalue weighted by Gasteiger charge is 2.93. The number of ether oxygens (including phenoxy) is 2. The van der Waals surface area contributed by atoms with Crippen LogP contribution in [0.5, 0.6) is 0 Å². The molecule has 1 aromatic carbocycles. The van der Waals surface area contributed by atoms with Gasteiger partial charge < -0.3 is 15.2 Å². The van der Waals surface area contributed by atoms with Crippen molar-refractivity contribution in [2.45, 2.75) is 11.8 Å². The van der Waals surface area contributed by atoms with Crippen LogP contribution >= 0.6 is 23.2 Å². The van der Waals surface area contributed by atoms with E-state index in [0.29, 0.717) is 15.6 Å². The lowest BCUT2D eigenvalue weighted by Crippen LogP contribution is -2.41. The number of aliphatic imine (C=N–C) groups is 1. The van der Waals surface area contributed by atoms with Gasteiger partial charge in [0.2, 0.25) is 0 Å². The van der Waals surface area contributed by atoms with Crippen LogP contribution < -0.4 is 5.73 Å². The number of nitriles is 2. The smallest absolute Gasteiger partial charge is 0.292 e. The molecule has 1 aromatic rings. The molecule has 3 rings (SSSR count). The van der Waals surface area contributed by atoms with E-state index in [1.165, 1.54) is 14.2 Å². The molecule has 1 aliphatic heterocycles. The lowest BCUT2D eigenvalue weighted by molar-refractivity contribution is -0.230. The number of nitrogens with two attached hydrogens (primary N) is 1. The number of fused-ring (bicyclic) bond motifs is 1. The van der Waals surface area contributed by atoms with Gasteiger partial charge in [0, 0.05) is 30.2 Å². The number of nitrogens with zero attached hydrogens (tertiary/aromatic N) is 3.